The van der Waals surface area contributed by atoms with E-state index in [1.807, 2.05) is 6.21 Å². The van der Waals surface area contributed by atoms with E-state index in [1.54, 1.807) is 0 Å². The van der Waals surface area contributed by atoms with Crippen molar-refractivity contribution >= 4 is 12.3 Å². The molecule has 1 aliphatic heterocycles. The predicted molar refractivity (Wildman–Crippen MR) is 56.1 cm³/mol. The van der Waals surface area contributed by atoms with Crippen molar-refractivity contribution in [3.63, 3.8) is 0 Å². The van der Waals surface area contributed by atoms with E-state index in [0.29, 0.717) is 0 Å². The lowest BCUT2D eigenvalue weighted by atomic mass is 9.84. The van der Waals surface area contributed by atoms with Gasteiger partial charge in [0.15, 0.2) is 5.60 Å². The van der Waals surface area contributed by atoms with E-state index in [9.17, 15) is 0 Å². The summed E-state index contributed by atoms with van der Waals surface area (Å²) >= 11 is 0. The summed E-state index contributed by atoms with van der Waals surface area (Å²) in [5, 5.41) is 3.86. The summed E-state index contributed by atoms with van der Waals surface area (Å²) in [6.45, 7) is 0. The van der Waals surface area contributed by atoms with Gasteiger partial charge < -0.3 is 4.84 Å². The molecule has 0 aromatic heterocycles. The molecule has 0 bridgehead atoms. The molecule has 0 saturated carbocycles. The van der Waals surface area contributed by atoms with Gasteiger partial charge in [0.1, 0.15) is 0 Å². The SMILES string of the molecule is C1=CC2(CC=NO2)Cc2ccccc21. The number of fused-ring (bicyclic) bond motifs is 1. The van der Waals surface area contributed by atoms with Crippen LogP contribution in [-0.2, 0) is 11.3 Å². The van der Waals surface area contributed by atoms with Gasteiger partial charge in [-0.15, -0.1) is 0 Å². The van der Waals surface area contributed by atoms with Crippen LogP contribution in [0.25, 0.3) is 6.08 Å². The first-order valence-corrected chi connectivity index (χ1v) is 4.85. The molecule has 0 fully saturated rings. The number of rotatable bonds is 0. The zero-order valence-corrected chi connectivity index (χ0v) is 7.81. The number of benzene rings is 1. The molecular weight excluding hydrogens is 174 g/mol. The fourth-order valence-corrected chi connectivity index (χ4v) is 2.05. The van der Waals surface area contributed by atoms with Gasteiger partial charge in [-0.3, -0.25) is 0 Å². The van der Waals surface area contributed by atoms with Crippen LogP contribution in [0.15, 0.2) is 35.5 Å². The smallest absolute Gasteiger partial charge is 0.165 e. The summed E-state index contributed by atoms with van der Waals surface area (Å²) in [6.07, 6.45) is 7.92. The molecule has 0 N–H and O–H groups in total. The third kappa shape index (κ3) is 1.07. The molecule has 1 spiro atoms. The lowest BCUT2D eigenvalue weighted by Gasteiger charge is -2.27. The van der Waals surface area contributed by atoms with Crippen molar-refractivity contribution in [2.24, 2.45) is 5.16 Å². The molecular formula is C12H11NO. The molecule has 14 heavy (non-hydrogen) atoms. The summed E-state index contributed by atoms with van der Waals surface area (Å²) < 4.78 is 0. The number of hydrogen-bond donors (Lipinski definition) is 0. The molecule has 0 amide bonds. The van der Waals surface area contributed by atoms with Gasteiger partial charge in [0, 0.05) is 19.1 Å². The first-order valence-electron chi connectivity index (χ1n) is 4.85. The highest BCUT2D eigenvalue weighted by Crippen LogP contribution is 2.33. The molecule has 3 rings (SSSR count). The molecule has 1 aromatic carbocycles. The average molecular weight is 185 g/mol. The summed E-state index contributed by atoms with van der Waals surface area (Å²) in [5.41, 5.74) is 2.46. The molecule has 2 aliphatic rings. The van der Waals surface area contributed by atoms with Gasteiger partial charge in [0.25, 0.3) is 0 Å². The van der Waals surface area contributed by atoms with Crippen molar-refractivity contribution < 1.29 is 4.84 Å². The first kappa shape index (κ1) is 7.80. The van der Waals surface area contributed by atoms with Crippen molar-refractivity contribution in [1.29, 1.82) is 0 Å². The minimum absolute atomic E-state index is 0.186. The van der Waals surface area contributed by atoms with Gasteiger partial charge in [-0.1, -0.05) is 35.5 Å². The van der Waals surface area contributed by atoms with Crippen molar-refractivity contribution in [1.82, 2.24) is 0 Å². The molecule has 70 valence electrons. The van der Waals surface area contributed by atoms with Crippen molar-refractivity contribution in [2.45, 2.75) is 18.4 Å². The maximum Gasteiger partial charge on any atom is 0.165 e. The third-order valence-corrected chi connectivity index (χ3v) is 2.86. The van der Waals surface area contributed by atoms with Crippen LogP contribution in [0.5, 0.6) is 0 Å². The minimum Gasteiger partial charge on any atom is -0.385 e. The highest BCUT2D eigenvalue weighted by molar-refractivity contribution is 5.65. The van der Waals surface area contributed by atoms with Crippen molar-refractivity contribution in [3.8, 4) is 0 Å². The second-order valence-electron chi connectivity index (χ2n) is 3.86. The van der Waals surface area contributed by atoms with Gasteiger partial charge in [-0.2, -0.15) is 0 Å². The van der Waals surface area contributed by atoms with E-state index in [1.165, 1.54) is 11.1 Å². The van der Waals surface area contributed by atoms with Gasteiger partial charge in [-0.05, 0) is 17.2 Å². The fraction of sp³-hybridized carbons (Fsp3) is 0.250. The Balaban J connectivity index is 2.01. The summed E-state index contributed by atoms with van der Waals surface area (Å²) in [6, 6.07) is 8.42. The molecule has 2 heteroatoms. The topological polar surface area (TPSA) is 21.6 Å². The molecule has 1 atom stereocenters. The Hall–Kier alpha value is -1.57. The van der Waals surface area contributed by atoms with Gasteiger partial charge in [0.05, 0.1) is 0 Å². The van der Waals surface area contributed by atoms with Crippen molar-refractivity contribution in [2.75, 3.05) is 0 Å². The second kappa shape index (κ2) is 2.71. The van der Waals surface area contributed by atoms with Crippen LogP contribution in [0.1, 0.15) is 17.5 Å². The Morgan fingerprint density at radius 1 is 1.29 bits per heavy atom. The van der Waals surface area contributed by atoms with E-state index in [0.717, 1.165) is 12.8 Å². The van der Waals surface area contributed by atoms with Crippen LogP contribution in [0.3, 0.4) is 0 Å². The Labute approximate surface area is 82.9 Å². The normalized spacial score (nSPS) is 27.7. The van der Waals surface area contributed by atoms with Crippen LogP contribution in [0, 0.1) is 0 Å². The van der Waals surface area contributed by atoms with Crippen molar-refractivity contribution in [3.05, 3.63) is 41.5 Å². The van der Waals surface area contributed by atoms with Crippen LogP contribution >= 0.6 is 0 Å². The highest BCUT2D eigenvalue weighted by Gasteiger charge is 2.35. The van der Waals surface area contributed by atoms with Gasteiger partial charge in [-0.25, -0.2) is 0 Å². The second-order valence-corrected chi connectivity index (χ2v) is 3.86. The van der Waals surface area contributed by atoms with Gasteiger partial charge >= 0.3 is 0 Å². The molecule has 1 unspecified atom stereocenters. The lowest BCUT2D eigenvalue weighted by molar-refractivity contribution is 0.0210. The maximum absolute atomic E-state index is 5.42. The molecule has 1 aromatic rings. The Kier molecular flexibility index (Phi) is 1.51. The third-order valence-electron chi connectivity index (χ3n) is 2.86. The Bertz CT molecular complexity index is 412. The van der Waals surface area contributed by atoms with Crippen LogP contribution < -0.4 is 0 Å². The molecule has 2 nitrogen and oxygen atoms in total. The van der Waals surface area contributed by atoms with Crippen LogP contribution in [0.2, 0.25) is 0 Å². The highest BCUT2D eigenvalue weighted by atomic mass is 16.7. The zero-order chi connectivity index (χ0) is 9.43. The molecule has 1 aliphatic carbocycles. The van der Waals surface area contributed by atoms with E-state index < -0.39 is 0 Å². The van der Waals surface area contributed by atoms with E-state index in [-0.39, 0.29) is 5.60 Å². The number of nitrogens with zero attached hydrogens (tertiary/aromatic N) is 1. The largest absolute Gasteiger partial charge is 0.385 e. The molecule has 1 heterocycles. The Morgan fingerprint density at radius 3 is 3.07 bits per heavy atom. The number of hydrogen-bond acceptors (Lipinski definition) is 2. The van der Waals surface area contributed by atoms with Crippen LogP contribution in [-0.4, -0.2) is 11.8 Å². The van der Waals surface area contributed by atoms with E-state index in [2.05, 4.69) is 41.6 Å². The summed E-state index contributed by atoms with van der Waals surface area (Å²) in [7, 11) is 0. The summed E-state index contributed by atoms with van der Waals surface area (Å²) in [4.78, 5) is 5.42. The maximum atomic E-state index is 5.42. The molecule has 0 saturated heterocycles. The fourth-order valence-electron chi connectivity index (χ4n) is 2.05. The summed E-state index contributed by atoms with van der Waals surface area (Å²) in [5.74, 6) is 0. The standard InChI is InChI=1S/C12H11NO/c1-2-4-11-9-12(7-8-13-14-12)6-5-10(11)3-1/h1-6,8H,7,9H2. The minimum atomic E-state index is -0.186. The zero-order valence-electron chi connectivity index (χ0n) is 7.81. The average Bonchev–Trinajstić information content (AvgIpc) is 2.66. The lowest BCUT2D eigenvalue weighted by Crippen LogP contribution is -2.30. The number of oxime groups is 1. The molecule has 0 radical (unpaired) electrons. The predicted octanol–water partition coefficient (Wildman–Crippen LogP) is 2.40. The van der Waals surface area contributed by atoms with E-state index >= 15 is 0 Å². The van der Waals surface area contributed by atoms with Gasteiger partial charge in [0.2, 0.25) is 0 Å². The quantitative estimate of drug-likeness (QED) is 0.608. The van der Waals surface area contributed by atoms with E-state index in [4.69, 9.17) is 4.84 Å². The monoisotopic (exact) mass is 185 g/mol. The first-order chi connectivity index (χ1) is 6.88. The Morgan fingerprint density at radius 2 is 2.21 bits per heavy atom. The van der Waals surface area contributed by atoms with Crippen LogP contribution in [0.4, 0.5) is 0 Å².